The Kier molecular flexibility index (Phi) is 3.07. The zero-order valence-corrected chi connectivity index (χ0v) is 10.4. The van der Waals surface area contributed by atoms with E-state index in [2.05, 4.69) is 20.4 Å². The van der Waals surface area contributed by atoms with E-state index < -0.39 is 10.7 Å². The summed E-state index contributed by atoms with van der Waals surface area (Å²) in [6.45, 7) is 0. The average Bonchev–Trinajstić information content (AvgIpc) is 2.97. The molecule has 0 saturated heterocycles. The van der Waals surface area contributed by atoms with Crippen LogP contribution in [0.4, 0.5) is 10.1 Å². The van der Waals surface area contributed by atoms with Gasteiger partial charge in [-0.3, -0.25) is 10.1 Å². The average molecular weight is 286 g/mol. The molecule has 0 bridgehead atoms. The van der Waals surface area contributed by atoms with E-state index in [4.69, 9.17) is 0 Å². The summed E-state index contributed by atoms with van der Waals surface area (Å²) in [5.41, 5.74) is 0.340. The molecular weight excluding hydrogens is 279 g/mol. The first kappa shape index (κ1) is 12.8. The Hall–Kier alpha value is -3.23. The highest BCUT2D eigenvalue weighted by molar-refractivity contribution is 5.53. The molecule has 0 radical (unpaired) electrons. The van der Waals surface area contributed by atoms with Crippen molar-refractivity contribution in [3.8, 4) is 17.2 Å². The van der Waals surface area contributed by atoms with E-state index in [0.29, 0.717) is 5.56 Å². The van der Waals surface area contributed by atoms with E-state index in [1.54, 1.807) is 6.07 Å². The van der Waals surface area contributed by atoms with Crippen LogP contribution in [0.1, 0.15) is 0 Å². The predicted molar refractivity (Wildman–Crippen MR) is 69.0 cm³/mol. The Morgan fingerprint density at radius 1 is 1.24 bits per heavy atom. The maximum Gasteiger partial charge on any atom is 0.287 e. The standard InChI is InChI=1S/C12H7FN6O2/c13-9-3-1-2-8(6-9)12-15-17-18(16-12)11-5-4-10(7-14-11)19(20)21/h1-7H. The predicted octanol–water partition coefficient (Wildman–Crippen LogP) is 1.77. The van der Waals surface area contributed by atoms with Crippen LogP contribution in [0.25, 0.3) is 17.2 Å². The lowest BCUT2D eigenvalue weighted by atomic mass is 10.2. The fourth-order valence-corrected chi connectivity index (χ4v) is 1.66. The van der Waals surface area contributed by atoms with Crippen molar-refractivity contribution in [2.24, 2.45) is 0 Å². The molecule has 3 rings (SSSR count). The lowest BCUT2D eigenvalue weighted by molar-refractivity contribution is -0.385. The van der Waals surface area contributed by atoms with Crippen LogP contribution in [0.5, 0.6) is 0 Å². The van der Waals surface area contributed by atoms with Crippen LogP contribution < -0.4 is 0 Å². The highest BCUT2D eigenvalue weighted by Crippen LogP contribution is 2.16. The highest BCUT2D eigenvalue weighted by Gasteiger charge is 2.11. The van der Waals surface area contributed by atoms with Gasteiger partial charge < -0.3 is 0 Å². The Morgan fingerprint density at radius 3 is 2.76 bits per heavy atom. The Balaban J connectivity index is 1.93. The van der Waals surface area contributed by atoms with Gasteiger partial charge in [0.05, 0.1) is 4.92 Å². The molecule has 0 unspecified atom stereocenters. The molecule has 9 heteroatoms. The minimum Gasteiger partial charge on any atom is -0.258 e. The van der Waals surface area contributed by atoms with Crippen molar-refractivity contribution in [3.63, 3.8) is 0 Å². The van der Waals surface area contributed by atoms with Gasteiger partial charge >= 0.3 is 0 Å². The minimum absolute atomic E-state index is 0.135. The quantitative estimate of drug-likeness (QED) is 0.537. The number of rotatable bonds is 3. The third kappa shape index (κ3) is 2.56. The van der Waals surface area contributed by atoms with E-state index >= 15 is 0 Å². The summed E-state index contributed by atoms with van der Waals surface area (Å²) < 4.78 is 13.1. The second-order valence-electron chi connectivity index (χ2n) is 4.04. The van der Waals surface area contributed by atoms with Crippen LogP contribution in [0.2, 0.25) is 0 Å². The molecule has 0 aliphatic heterocycles. The first-order valence-electron chi connectivity index (χ1n) is 5.80. The normalized spacial score (nSPS) is 10.5. The highest BCUT2D eigenvalue weighted by atomic mass is 19.1. The van der Waals surface area contributed by atoms with Crippen molar-refractivity contribution in [3.05, 3.63) is 58.5 Å². The summed E-state index contributed by atoms with van der Waals surface area (Å²) in [6.07, 6.45) is 1.10. The molecule has 1 aromatic carbocycles. The van der Waals surface area contributed by atoms with Crippen molar-refractivity contribution < 1.29 is 9.31 Å². The molecule has 0 amide bonds. The molecule has 3 aromatic rings. The Labute approximate surface area is 117 Å². The molecule has 0 aliphatic rings. The van der Waals surface area contributed by atoms with Crippen LogP contribution in [0.3, 0.4) is 0 Å². The van der Waals surface area contributed by atoms with Crippen molar-refractivity contribution in [2.45, 2.75) is 0 Å². The molecule has 2 heterocycles. The number of nitro groups is 1. The zero-order valence-electron chi connectivity index (χ0n) is 10.4. The van der Waals surface area contributed by atoms with E-state index in [9.17, 15) is 14.5 Å². The molecule has 21 heavy (non-hydrogen) atoms. The van der Waals surface area contributed by atoms with E-state index in [1.807, 2.05) is 0 Å². The van der Waals surface area contributed by atoms with Gasteiger partial charge in [-0.2, -0.15) is 0 Å². The van der Waals surface area contributed by atoms with Crippen molar-refractivity contribution in [1.82, 2.24) is 25.2 Å². The van der Waals surface area contributed by atoms with Crippen LogP contribution in [-0.2, 0) is 0 Å². The number of hydrogen-bond acceptors (Lipinski definition) is 6. The van der Waals surface area contributed by atoms with E-state index in [1.165, 1.54) is 30.3 Å². The fraction of sp³-hybridized carbons (Fsp3) is 0. The van der Waals surface area contributed by atoms with Gasteiger partial charge in [0.2, 0.25) is 5.82 Å². The molecule has 2 aromatic heterocycles. The summed E-state index contributed by atoms with van der Waals surface area (Å²) in [5.74, 6) is 0.0997. The molecule has 0 fully saturated rings. The lowest BCUT2D eigenvalue weighted by Gasteiger charge is -1.96. The third-order valence-electron chi connectivity index (χ3n) is 2.64. The second kappa shape index (κ2) is 5.04. The monoisotopic (exact) mass is 286 g/mol. The SMILES string of the molecule is O=[N+]([O-])c1ccc(-n2nnc(-c3cccc(F)c3)n2)nc1. The third-order valence-corrected chi connectivity index (χ3v) is 2.64. The van der Waals surface area contributed by atoms with Crippen LogP contribution in [-0.4, -0.2) is 30.1 Å². The summed E-state index contributed by atoms with van der Waals surface area (Å²) in [5, 5.41) is 22.2. The summed E-state index contributed by atoms with van der Waals surface area (Å²) in [7, 11) is 0. The van der Waals surface area contributed by atoms with Gasteiger partial charge in [-0.05, 0) is 23.4 Å². The van der Waals surface area contributed by atoms with Crippen molar-refractivity contribution >= 4 is 5.69 Å². The topological polar surface area (TPSA) is 99.6 Å². The zero-order chi connectivity index (χ0) is 14.8. The summed E-state index contributed by atoms with van der Waals surface area (Å²) >= 11 is 0. The Morgan fingerprint density at radius 2 is 2.10 bits per heavy atom. The van der Waals surface area contributed by atoms with Gasteiger partial charge in [-0.25, -0.2) is 9.37 Å². The van der Waals surface area contributed by atoms with Gasteiger partial charge in [-0.15, -0.1) is 15.0 Å². The molecule has 104 valence electrons. The molecule has 0 atom stereocenters. The van der Waals surface area contributed by atoms with Crippen molar-refractivity contribution in [1.29, 1.82) is 0 Å². The summed E-state index contributed by atoms with van der Waals surface area (Å²) in [4.78, 5) is 15.0. The van der Waals surface area contributed by atoms with Gasteiger partial charge in [0.1, 0.15) is 12.0 Å². The number of aromatic nitrogens is 5. The first-order chi connectivity index (χ1) is 10.1. The maximum absolute atomic E-state index is 13.1. The molecule has 0 aliphatic carbocycles. The molecule has 0 saturated carbocycles. The number of pyridine rings is 1. The van der Waals surface area contributed by atoms with Gasteiger partial charge in [0, 0.05) is 11.6 Å². The first-order valence-corrected chi connectivity index (χ1v) is 5.80. The van der Waals surface area contributed by atoms with Crippen molar-refractivity contribution in [2.75, 3.05) is 0 Å². The molecule has 0 N–H and O–H groups in total. The number of halogens is 1. The maximum atomic E-state index is 13.1. The van der Waals surface area contributed by atoms with Crippen LogP contribution >= 0.6 is 0 Å². The largest absolute Gasteiger partial charge is 0.287 e. The second-order valence-corrected chi connectivity index (χ2v) is 4.04. The Bertz CT molecular complexity index is 802. The molecule has 0 spiro atoms. The fourth-order valence-electron chi connectivity index (χ4n) is 1.66. The van der Waals surface area contributed by atoms with Gasteiger partial charge in [0.25, 0.3) is 5.69 Å². The number of tetrazole rings is 1. The number of benzene rings is 1. The van der Waals surface area contributed by atoms with E-state index in [-0.39, 0.29) is 17.3 Å². The lowest BCUT2D eigenvalue weighted by Crippen LogP contribution is -2.02. The smallest absolute Gasteiger partial charge is 0.258 e. The van der Waals surface area contributed by atoms with Crippen LogP contribution in [0.15, 0.2) is 42.6 Å². The van der Waals surface area contributed by atoms with Gasteiger partial charge in [0.15, 0.2) is 5.82 Å². The minimum atomic E-state index is -0.552. The number of nitrogens with zero attached hydrogens (tertiary/aromatic N) is 6. The summed E-state index contributed by atoms with van der Waals surface area (Å²) in [6, 6.07) is 8.46. The molecular formula is C12H7FN6O2. The molecule has 8 nitrogen and oxygen atoms in total. The van der Waals surface area contributed by atoms with Gasteiger partial charge in [-0.1, -0.05) is 12.1 Å². The number of hydrogen-bond donors (Lipinski definition) is 0. The van der Waals surface area contributed by atoms with E-state index in [0.717, 1.165) is 11.0 Å². The van der Waals surface area contributed by atoms with Crippen LogP contribution in [0, 0.1) is 15.9 Å².